The lowest BCUT2D eigenvalue weighted by atomic mass is 10.1. The first-order valence-corrected chi connectivity index (χ1v) is 7.98. The van der Waals surface area contributed by atoms with Crippen molar-refractivity contribution in [2.24, 2.45) is 0 Å². The average Bonchev–Trinajstić information content (AvgIpc) is 3.20. The molecule has 6 nitrogen and oxygen atoms in total. The van der Waals surface area contributed by atoms with Gasteiger partial charge in [-0.15, -0.1) is 11.3 Å². The van der Waals surface area contributed by atoms with Gasteiger partial charge in [0.25, 0.3) is 5.91 Å². The van der Waals surface area contributed by atoms with Crippen LogP contribution in [0.2, 0.25) is 0 Å². The number of rotatable bonds is 6. The Morgan fingerprint density at radius 1 is 1.39 bits per heavy atom. The van der Waals surface area contributed by atoms with Crippen molar-refractivity contribution in [1.82, 2.24) is 14.5 Å². The van der Waals surface area contributed by atoms with E-state index in [4.69, 9.17) is 5.11 Å². The molecule has 2 aromatic heterocycles. The van der Waals surface area contributed by atoms with Crippen LogP contribution in [0, 0.1) is 0 Å². The SMILES string of the molecule is O=C(Nc1ncc(CCO)s1)c1cccc(Cn2ccnc2)c1. The second kappa shape index (κ2) is 7.17. The average molecular weight is 328 g/mol. The number of hydrogen-bond acceptors (Lipinski definition) is 5. The van der Waals surface area contributed by atoms with Crippen molar-refractivity contribution in [1.29, 1.82) is 0 Å². The van der Waals surface area contributed by atoms with Crippen LogP contribution in [-0.2, 0) is 13.0 Å². The van der Waals surface area contributed by atoms with Crippen molar-refractivity contribution in [2.45, 2.75) is 13.0 Å². The maximum Gasteiger partial charge on any atom is 0.257 e. The van der Waals surface area contributed by atoms with Crippen LogP contribution >= 0.6 is 11.3 Å². The number of anilines is 1. The molecule has 0 fully saturated rings. The van der Waals surface area contributed by atoms with Gasteiger partial charge in [0.1, 0.15) is 0 Å². The molecule has 118 valence electrons. The summed E-state index contributed by atoms with van der Waals surface area (Å²) in [6.07, 6.45) is 7.57. The lowest BCUT2D eigenvalue weighted by Crippen LogP contribution is -2.12. The number of benzene rings is 1. The van der Waals surface area contributed by atoms with Crippen LogP contribution in [0.4, 0.5) is 5.13 Å². The summed E-state index contributed by atoms with van der Waals surface area (Å²) in [5.74, 6) is -0.192. The van der Waals surface area contributed by atoms with Crippen molar-refractivity contribution in [3.63, 3.8) is 0 Å². The number of nitrogens with one attached hydrogen (secondary N) is 1. The van der Waals surface area contributed by atoms with Gasteiger partial charge in [-0.05, 0) is 17.7 Å². The van der Waals surface area contributed by atoms with Crippen molar-refractivity contribution < 1.29 is 9.90 Å². The van der Waals surface area contributed by atoms with E-state index >= 15 is 0 Å². The fourth-order valence-electron chi connectivity index (χ4n) is 2.16. The van der Waals surface area contributed by atoms with E-state index in [2.05, 4.69) is 15.3 Å². The quantitative estimate of drug-likeness (QED) is 0.727. The van der Waals surface area contributed by atoms with Crippen LogP contribution in [0.15, 0.2) is 49.2 Å². The Kier molecular flexibility index (Phi) is 4.80. The Balaban J connectivity index is 1.69. The Hall–Kier alpha value is -2.51. The Bertz CT molecular complexity index is 783. The van der Waals surface area contributed by atoms with E-state index in [1.54, 1.807) is 24.8 Å². The molecule has 23 heavy (non-hydrogen) atoms. The van der Waals surface area contributed by atoms with Gasteiger partial charge in [-0.25, -0.2) is 9.97 Å². The first-order valence-electron chi connectivity index (χ1n) is 7.16. The molecule has 0 bridgehead atoms. The molecule has 1 aromatic carbocycles. The van der Waals surface area contributed by atoms with Crippen molar-refractivity contribution in [3.8, 4) is 0 Å². The summed E-state index contributed by atoms with van der Waals surface area (Å²) >= 11 is 1.37. The van der Waals surface area contributed by atoms with Crippen LogP contribution in [0.1, 0.15) is 20.8 Å². The van der Waals surface area contributed by atoms with Crippen molar-refractivity contribution in [2.75, 3.05) is 11.9 Å². The zero-order valence-electron chi connectivity index (χ0n) is 12.3. The normalized spacial score (nSPS) is 10.7. The highest BCUT2D eigenvalue weighted by Gasteiger charge is 2.10. The van der Waals surface area contributed by atoms with E-state index in [0.717, 1.165) is 10.4 Å². The third-order valence-electron chi connectivity index (χ3n) is 3.25. The maximum atomic E-state index is 12.3. The second-order valence-electron chi connectivity index (χ2n) is 4.99. The van der Waals surface area contributed by atoms with Crippen molar-refractivity contribution >= 4 is 22.4 Å². The van der Waals surface area contributed by atoms with Gasteiger partial charge in [-0.1, -0.05) is 12.1 Å². The molecular weight excluding hydrogens is 312 g/mol. The first-order chi connectivity index (χ1) is 11.2. The summed E-state index contributed by atoms with van der Waals surface area (Å²) in [6.45, 7) is 0.741. The maximum absolute atomic E-state index is 12.3. The van der Waals surface area contributed by atoms with Crippen LogP contribution < -0.4 is 5.32 Å². The molecule has 1 amide bonds. The number of hydrogen-bond donors (Lipinski definition) is 2. The molecule has 0 saturated carbocycles. The molecule has 3 aromatic rings. The molecule has 2 heterocycles. The lowest BCUT2D eigenvalue weighted by molar-refractivity contribution is 0.102. The summed E-state index contributed by atoms with van der Waals surface area (Å²) in [6, 6.07) is 7.46. The summed E-state index contributed by atoms with van der Waals surface area (Å²) in [4.78, 5) is 21.4. The van der Waals surface area contributed by atoms with E-state index < -0.39 is 0 Å². The number of nitrogens with zero attached hydrogens (tertiary/aromatic N) is 3. The van der Waals surface area contributed by atoms with E-state index in [1.165, 1.54) is 11.3 Å². The largest absolute Gasteiger partial charge is 0.396 e. The van der Waals surface area contributed by atoms with Gasteiger partial charge in [0.2, 0.25) is 0 Å². The number of imidazole rings is 1. The Morgan fingerprint density at radius 3 is 3.09 bits per heavy atom. The highest BCUT2D eigenvalue weighted by atomic mass is 32.1. The molecule has 0 aliphatic carbocycles. The van der Waals surface area contributed by atoms with Crippen LogP contribution in [-0.4, -0.2) is 32.2 Å². The number of aliphatic hydroxyl groups is 1. The predicted molar refractivity (Wildman–Crippen MR) is 88.6 cm³/mol. The standard InChI is InChI=1S/C16H16N4O2S/c21-7-4-14-9-18-16(23-14)19-15(22)13-3-1-2-12(8-13)10-20-6-5-17-11-20/h1-3,5-6,8-9,11,21H,4,7,10H2,(H,18,19,22). The van der Waals surface area contributed by atoms with E-state index in [0.29, 0.717) is 23.7 Å². The first kappa shape index (κ1) is 15.4. The minimum atomic E-state index is -0.192. The van der Waals surface area contributed by atoms with Gasteiger partial charge in [-0.2, -0.15) is 0 Å². The van der Waals surface area contributed by atoms with E-state index in [-0.39, 0.29) is 12.5 Å². The molecule has 3 rings (SSSR count). The zero-order chi connectivity index (χ0) is 16.1. The number of amides is 1. The van der Waals surface area contributed by atoms with E-state index in [1.807, 2.05) is 29.0 Å². The highest BCUT2D eigenvalue weighted by molar-refractivity contribution is 7.15. The summed E-state index contributed by atoms with van der Waals surface area (Å²) in [7, 11) is 0. The molecule has 0 saturated heterocycles. The number of carbonyl (C=O) groups is 1. The topological polar surface area (TPSA) is 80.0 Å². The second-order valence-corrected chi connectivity index (χ2v) is 6.11. The van der Waals surface area contributed by atoms with Gasteiger partial charge >= 0.3 is 0 Å². The molecule has 0 unspecified atom stereocenters. The van der Waals surface area contributed by atoms with Crippen molar-refractivity contribution in [3.05, 3.63) is 65.2 Å². The smallest absolute Gasteiger partial charge is 0.257 e. The predicted octanol–water partition coefficient (Wildman–Crippen LogP) is 2.17. The third kappa shape index (κ3) is 4.02. The molecule has 0 aliphatic rings. The number of aromatic nitrogens is 3. The van der Waals surface area contributed by atoms with Crippen LogP contribution in [0.25, 0.3) is 0 Å². The van der Waals surface area contributed by atoms with Crippen LogP contribution in [0.5, 0.6) is 0 Å². The molecular formula is C16H16N4O2S. The number of carbonyl (C=O) groups excluding carboxylic acids is 1. The zero-order valence-corrected chi connectivity index (χ0v) is 13.2. The molecule has 0 aliphatic heterocycles. The highest BCUT2D eigenvalue weighted by Crippen LogP contribution is 2.19. The molecule has 0 radical (unpaired) electrons. The molecule has 0 atom stereocenters. The summed E-state index contributed by atoms with van der Waals surface area (Å²) in [5, 5.41) is 12.2. The Morgan fingerprint density at radius 2 is 2.30 bits per heavy atom. The molecule has 0 spiro atoms. The fraction of sp³-hybridized carbons (Fsp3) is 0.188. The summed E-state index contributed by atoms with van der Waals surface area (Å²) < 4.78 is 1.94. The number of aliphatic hydroxyl groups excluding tert-OH is 1. The van der Waals surface area contributed by atoms with E-state index in [9.17, 15) is 4.79 Å². The van der Waals surface area contributed by atoms with Gasteiger partial charge in [0.15, 0.2) is 5.13 Å². The number of thiazole rings is 1. The van der Waals surface area contributed by atoms with Gasteiger partial charge in [-0.3, -0.25) is 10.1 Å². The molecule has 7 heteroatoms. The van der Waals surface area contributed by atoms with Gasteiger partial charge in [0, 0.05) is 48.6 Å². The fourth-order valence-corrected chi connectivity index (χ4v) is 2.96. The monoisotopic (exact) mass is 328 g/mol. The third-order valence-corrected chi connectivity index (χ3v) is 4.22. The van der Waals surface area contributed by atoms with Gasteiger partial charge < -0.3 is 9.67 Å². The summed E-state index contributed by atoms with van der Waals surface area (Å²) in [5.41, 5.74) is 1.61. The Labute approximate surface area is 137 Å². The minimum Gasteiger partial charge on any atom is -0.396 e. The lowest BCUT2D eigenvalue weighted by Gasteiger charge is -2.06. The minimum absolute atomic E-state index is 0.0753. The molecule has 2 N–H and O–H groups in total. The van der Waals surface area contributed by atoms with Crippen LogP contribution in [0.3, 0.4) is 0 Å². The van der Waals surface area contributed by atoms with Gasteiger partial charge in [0.05, 0.1) is 6.33 Å².